The number of hydrogen-bond donors (Lipinski definition) is 2. The van der Waals surface area contributed by atoms with E-state index in [2.05, 4.69) is 40.3 Å². The van der Waals surface area contributed by atoms with Gasteiger partial charge in [-0.05, 0) is 77.0 Å². The van der Waals surface area contributed by atoms with Gasteiger partial charge in [0.05, 0.1) is 12.2 Å². The van der Waals surface area contributed by atoms with E-state index in [4.69, 9.17) is 4.74 Å². The predicted octanol–water partition coefficient (Wildman–Crippen LogP) is 4.99. The van der Waals surface area contributed by atoms with E-state index < -0.39 is 6.17 Å². The van der Waals surface area contributed by atoms with Crippen LogP contribution in [0.3, 0.4) is 0 Å². The van der Waals surface area contributed by atoms with Crippen molar-refractivity contribution in [2.75, 3.05) is 11.9 Å². The molecule has 6 nitrogen and oxygen atoms in total. The van der Waals surface area contributed by atoms with Crippen LogP contribution in [0.5, 0.6) is 5.75 Å². The van der Waals surface area contributed by atoms with Crippen molar-refractivity contribution in [3.8, 4) is 5.75 Å². The van der Waals surface area contributed by atoms with E-state index in [0.29, 0.717) is 17.7 Å². The molecular weight excluding hydrogens is 505 g/mol. The van der Waals surface area contributed by atoms with Gasteiger partial charge in [0.15, 0.2) is 0 Å². The largest absolute Gasteiger partial charge is 0.494 e. The van der Waals surface area contributed by atoms with Gasteiger partial charge in [-0.1, -0.05) is 37.3 Å². The van der Waals surface area contributed by atoms with Crippen molar-refractivity contribution in [1.29, 1.82) is 0 Å². The zero-order valence-corrected chi connectivity index (χ0v) is 19.1. The Morgan fingerprint density at radius 3 is 2.55 bits per heavy atom. The van der Waals surface area contributed by atoms with Gasteiger partial charge >= 0.3 is 0 Å². The number of hydrogen-bond acceptors (Lipinski definition) is 4. The Morgan fingerprint density at radius 1 is 1.10 bits per heavy atom. The van der Waals surface area contributed by atoms with Crippen LogP contribution in [0.2, 0.25) is 0 Å². The predicted molar refractivity (Wildman–Crippen MR) is 128 cm³/mol. The molecule has 3 aromatic rings. The Kier molecular flexibility index (Phi) is 6.41. The fraction of sp³-hybridized carbons (Fsp3) is 0.167. The zero-order chi connectivity index (χ0) is 21.8. The monoisotopic (exact) mass is 527 g/mol. The first-order chi connectivity index (χ1) is 15.1. The highest BCUT2D eigenvalue weighted by molar-refractivity contribution is 14.1. The van der Waals surface area contributed by atoms with E-state index in [0.717, 1.165) is 27.0 Å². The first-order valence-electron chi connectivity index (χ1n) is 10.0. The van der Waals surface area contributed by atoms with Crippen molar-refractivity contribution >= 4 is 40.1 Å². The summed E-state index contributed by atoms with van der Waals surface area (Å²) < 4.78 is 6.61. The molecule has 1 atom stereocenters. The molecule has 3 aromatic carbocycles. The standard InChI is InChI=1S/C24H22IN3O3/c1-2-14-31-19-11-8-16(9-12-19)22-26-21-13-10-18(25)15-20(21)24(30)28(22)27-23(29)17-6-4-3-5-7-17/h3-13,15,22,26H,2,14H2,1H3,(H,27,29). The van der Waals surface area contributed by atoms with Crippen LogP contribution in [-0.4, -0.2) is 23.4 Å². The lowest BCUT2D eigenvalue weighted by Crippen LogP contribution is -2.52. The van der Waals surface area contributed by atoms with E-state index >= 15 is 0 Å². The van der Waals surface area contributed by atoms with Crippen LogP contribution in [0.15, 0.2) is 72.8 Å². The number of fused-ring (bicyclic) bond motifs is 1. The lowest BCUT2D eigenvalue weighted by atomic mass is 10.0. The molecule has 2 N–H and O–H groups in total. The van der Waals surface area contributed by atoms with Crippen LogP contribution in [0.4, 0.5) is 5.69 Å². The Bertz CT molecular complexity index is 1090. The number of amides is 2. The highest BCUT2D eigenvalue weighted by Gasteiger charge is 2.34. The maximum absolute atomic E-state index is 13.4. The summed E-state index contributed by atoms with van der Waals surface area (Å²) in [6, 6.07) is 22.0. The van der Waals surface area contributed by atoms with Gasteiger partial charge in [-0.25, -0.2) is 5.01 Å². The van der Waals surface area contributed by atoms with Crippen LogP contribution in [-0.2, 0) is 0 Å². The van der Waals surface area contributed by atoms with Crippen molar-refractivity contribution in [1.82, 2.24) is 10.4 Å². The molecule has 0 spiro atoms. The third-order valence-corrected chi connectivity index (χ3v) is 5.58. The Hall–Kier alpha value is -3.07. The summed E-state index contributed by atoms with van der Waals surface area (Å²) in [6.07, 6.45) is 0.364. The second-order valence-electron chi connectivity index (χ2n) is 7.14. The third kappa shape index (κ3) is 4.66. The summed E-state index contributed by atoms with van der Waals surface area (Å²) in [6.45, 7) is 2.70. The first-order valence-corrected chi connectivity index (χ1v) is 11.1. The van der Waals surface area contributed by atoms with Crippen LogP contribution >= 0.6 is 22.6 Å². The summed E-state index contributed by atoms with van der Waals surface area (Å²) in [7, 11) is 0. The summed E-state index contributed by atoms with van der Waals surface area (Å²) in [5.41, 5.74) is 5.34. The Balaban J connectivity index is 1.67. The van der Waals surface area contributed by atoms with Gasteiger partial charge in [-0.3, -0.25) is 15.0 Å². The molecule has 1 aliphatic rings. The third-order valence-electron chi connectivity index (χ3n) is 4.91. The number of ether oxygens (including phenoxy) is 1. The van der Waals surface area contributed by atoms with Crippen molar-refractivity contribution in [2.45, 2.75) is 19.5 Å². The molecular formula is C24H22IN3O3. The number of rotatable bonds is 6. The van der Waals surface area contributed by atoms with Gasteiger partial charge in [0, 0.05) is 14.8 Å². The Labute approximate surface area is 194 Å². The smallest absolute Gasteiger partial charge is 0.276 e. The zero-order valence-electron chi connectivity index (χ0n) is 17.0. The number of anilines is 1. The van der Waals surface area contributed by atoms with Gasteiger partial charge in [-0.15, -0.1) is 0 Å². The highest BCUT2D eigenvalue weighted by Crippen LogP contribution is 2.33. The average Bonchev–Trinajstić information content (AvgIpc) is 2.80. The lowest BCUT2D eigenvalue weighted by Gasteiger charge is -2.38. The van der Waals surface area contributed by atoms with E-state index in [1.807, 2.05) is 48.5 Å². The molecule has 0 bridgehead atoms. The average molecular weight is 527 g/mol. The van der Waals surface area contributed by atoms with Crippen molar-refractivity contribution < 1.29 is 14.3 Å². The molecule has 31 heavy (non-hydrogen) atoms. The molecule has 4 rings (SSSR count). The fourth-order valence-corrected chi connectivity index (χ4v) is 3.85. The number of nitrogens with one attached hydrogen (secondary N) is 2. The molecule has 2 amide bonds. The number of hydrazine groups is 1. The summed E-state index contributed by atoms with van der Waals surface area (Å²) in [4.78, 5) is 26.2. The molecule has 158 valence electrons. The van der Waals surface area contributed by atoms with Crippen molar-refractivity contribution in [3.63, 3.8) is 0 Å². The minimum atomic E-state index is -0.562. The quantitative estimate of drug-likeness (QED) is 0.444. The first kappa shape index (κ1) is 21.2. The molecule has 0 saturated heterocycles. The maximum atomic E-state index is 13.4. The second-order valence-corrected chi connectivity index (χ2v) is 8.38. The maximum Gasteiger partial charge on any atom is 0.276 e. The van der Waals surface area contributed by atoms with E-state index in [9.17, 15) is 9.59 Å². The molecule has 0 radical (unpaired) electrons. The van der Waals surface area contributed by atoms with Crippen LogP contribution < -0.4 is 15.5 Å². The fourth-order valence-electron chi connectivity index (χ4n) is 3.36. The van der Waals surface area contributed by atoms with Gasteiger partial charge in [-0.2, -0.15) is 0 Å². The van der Waals surface area contributed by atoms with Gasteiger partial charge in [0.2, 0.25) is 0 Å². The van der Waals surface area contributed by atoms with E-state index in [-0.39, 0.29) is 11.8 Å². The van der Waals surface area contributed by atoms with Crippen LogP contribution in [0.25, 0.3) is 0 Å². The summed E-state index contributed by atoms with van der Waals surface area (Å²) in [5, 5.41) is 4.74. The lowest BCUT2D eigenvalue weighted by molar-refractivity contribution is 0.0491. The normalized spacial score (nSPS) is 15.1. The summed E-state index contributed by atoms with van der Waals surface area (Å²) in [5.74, 6) is 0.146. The topological polar surface area (TPSA) is 70.7 Å². The number of carbonyl (C=O) groups excluding carboxylic acids is 2. The van der Waals surface area contributed by atoms with E-state index in [1.165, 1.54) is 5.01 Å². The number of carbonyl (C=O) groups is 2. The minimum absolute atomic E-state index is 0.271. The molecule has 0 aromatic heterocycles. The van der Waals surface area contributed by atoms with Gasteiger partial charge in [0.25, 0.3) is 11.8 Å². The SMILES string of the molecule is CCCOc1ccc(C2Nc3ccc(I)cc3C(=O)N2NC(=O)c2ccccc2)cc1. The molecule has 7 heteroatoms. The Morgan fingerprint density at radius 2 is 1.84 bits per heavy atom. The van der Waals surface area contributed by atoms with Crippen molar-refractivity contribution in [2.24, 2.45) is 0 Å². The molecule has 1 unspecified atom stereocenters. The molecule has 0 aliphatic carbocycles. The van der Waals surface area contributed by atoms with E-state index in [1.54, 1.807) is 24.3 Å². The van der Waals surface area contributed by atoms with Crippen molar-refractivity contribution in [3.05, 3.63) is 93.1 Å². The van der Waals surface area contributed by atoms with Crippen LogP contribution in [0, 0.1) is 3.57 Å². The molecule has 0 fully saturated rings. The molecule has 1 aliphatic heterocycles. The number of benzene rings is 3. The van der Waals surface area contributed by atoms with Gasteiger partial charge in [0.1, 0.15) is 11.9 Å². The second kappa shape index (κ2) is 9.38. The number of nitrogens with zero attached hydrogens (tertiary/aromatic N) is 1. The summed E-state index contributed by atoms with van der Waals surface area (Å²) >= 11 is 2.17. The van der Waals surface area contributed by atoms with Crippen LogP contribution in [0.1, 0.15) is 45.8 Å². The highest BCUT2D eigenvalue weighted by atomic mass is 127. The molecule has 1 heterocycles. The van der Waals surface area contributed by atoms with Gasteiger partial charge < -0.3 is 10.1 Å². The number of halogens is 1. The molecule has 0 saturated carbocycles. The minimum Gasteiger partial charge on any atom is -0.494 e.